The fourth-order valence-electron chi connectivity index (χ4n) is 4.27. The van der Waals surface area contributed by atoms with Crippen molar-refractivity contribution < 1.29 is 9.21 Å². The van der Waals surface area contributed by atoms with Gasteiger partial charge in [-0.25, -0.2) is 4.98 Å². The summed E-state index contributed by atoms with van der Waals surface area (Å²) < 4.78 is 5.93. The van der Waals surface area contributed by atoms with E-state index in [0.717, 1.165) is 62.4 Å². The van der Waals surface area contributed by atoms with E-state index >= 15 is 0 Å². The van der Waals surface area contributed by atoms with Crippen LogP contribution in [0.25, 0.3) is 11.1 Å². The van der Waals surface area contributed by atoms with Crippen molar-refractivity contribution in [1.29, 1.82) is 0 Å². The Labute approximate surface area is 149 Å². The van der Waals surface area contributed by atoms with Crippen molar-refractivity contribution in [3.8, 4) is 0 Å². The van der Waals surface area contributed by atoms with Crippen molar-refractivity contribution in [2.45, 2.75) is 51.0 Å². The SMILES string of the molecule is CCN1CCCC[C@H]1C(=O)N1CCC(c2nc3ccccc3o2)CC1. The van der Waals surface area contributed by atoms with E-state index in [-0.39, 0.29) is 6.04 Å². The molecule has 3 heterocycles. The Bertz CT molecular complexity index is 700. The lowest BCUT2D eigenvalue weighted by Gasteiger charge is -2.39. The molecule has 0 spiro atoms. The number of benzene rings is 1. The van der Waals surface area contributed by atoms with Crippen molar-refractivity contribution >= 4 is 17.0 Å². The summed E-state index contributed by atoms with van der Waals surface area (Å²) >= 11 is 0. The molecule has 25 heavy (non-hydrogen) atoms. The maximum absolute atomic E-state index is 13.0. The molecule has 1 aromatic carbocycles. The average Bonchev–Trinajstić information content (AvgIpc) is 3.12. The third-order valence-electron chi connectivity index (χ3n) is 5.77. The zero-order chi connectivity index (χ0) is 17.2. The average molecular weight is 341 g/mol. The van der Waals surface area contributed by atoms with Crippen LogP contribution in [-0.4, -0.2) is 52.9 Å². The molecule has 5 nitrogen and oxygen atoms in total. The van der Waals surface area contributed by atoms with E-state index in [1.165, 1.54) is 12.8 Å². The van der Waals surface area contributed by atoms with E-state index in [0.29, 0.717) is 11.8 Å². The van der Waals surface area contributed by atoms with E-state index in [9.17, 15) is 4.79 Å². The van der Waals surface area contributed by atoms with Crippen LogP contribution in [0.3, 0.4) is 0 Å². The van der Waals surface area contributed by atoms with Crippen LogP contribution >= 0.6 is 0 Å². The van der Waals surface area contributed by atoms with Crippen LogP contribution in [-0.2, 0) is 4.79 Å². The first-order valence-electron chi connectivity index (χ1n) is 9.64. The van der Waals surface area contributed by atoms with Gasteiger partial charge in [0, 0.05) is 19.0 Å². The van der Waals surface area contributed by atoms with Crippen molar-refractivity contribution in [1.82, 2.24) is 14.8 Å². The van der Waals surface area contributed by atoms with Crippen LogP contribution < -0.4 is 0 Å². The molecule has 0 unspecified atom stereocenters. The number of hydrogen-bond donors (Lipinski definition) is 0. The lowest BCUT2D eigenvalue weighted by molar-refractivity contribution is -0.139. The number of amides is 1. The highest BCUT2D eigenvalue weighted by Gasteiger charge is 2.34. The molecule has 1 amide bonds. The van der Waals surface area contributed by atoms with Gasteiger partial charge in [-0.1, -0.05) is 25.5 Å². The fraction of sp³-hybridized carbons (Fsp3) is 0.600. The van der Waals surface area contributed by atoms with Gasteiger partial charge in [-0.05, 0) is 50.9 Å². The molecule has 2 aromatic rings. The number of likely N-dealkylation sites (N-methyl/N-ethyl adjacent to an activating group) is 1. The number of fused-ring (bicyclic) bond motifs is 1. The molecule has 0 aliphatic carbocycles. The molecule has 2 aliphatic heterocycles. The van der Waals surface area contributed by atoms with Crippen molar-refractivity contribution in [2.75, 3.05) is 26.2 Å². The molecule has 4 rings (SSSR count). The normalized spacial score (nSPS) is 23.2. The number of carbonyl (C=O) groups is 1. The predicted molar refractivity (Wildman–Crippen MR) is 97.5 cm³/mol. The molecule has 1 aromatic heterocycles. The summed E-state index contributed by atoms with van der Waals surface area (Å²) in [6.45, 7) is 5.82. The van der Waals surface area contributed by atoms with Gasteiger partial charge in [0.25, 0.3) is 0 Å². The lowest BCUT2D eigenvalue weighted by atomic mass is 9.94. The Balaban J connectivity index is 1.40. The second-order valence-electron chi connectivity index (χ2n) is 7.26. The number of aromatic nitrogens is 1. The summed E-state index contributed by atoms with van der Waals surface area (Å²) in [5.74, 6) is 1.49. The largest absolute Gasteiger partial charge is 0.440 e. The number of carbonyl (C=O) groups excluding carboxylic acids is 1. The van der Waals surface area contributed by atoms with Gasteiger partial charge in [0.1, 0.15) is 5.52 Å². The molecule has 2 fully saturated rings. The molecule has 0 radical (unpaired) electrons. The Kier molecular flexibility index (Phi) is 4.75. The van der Waals surface area contributed by atoms with Crippen LogP contribution in [0, 0.1) is 0 Å². The van der Waals surface area contributed by atoms with E-state index in [2.05, 4.69) is 21.7 Å². The molecule has 0 N–H and O–H groups in total. The number of hydrogen-bond acceptors (Lipinski definition) is 4. The number of nitrogens with zero attached hydrogens (tertiary/aromatic N) is 3. The second-order valence-corrected chi connectivity index (χ2v) is 7.26. The highest BCUT2D eigenvalue weighted by molar-refractivity contribution is 5.82. The Morgan fingerprint density at radius 1 is 1.16 bits per heavy atom. The first kappa shape index (κ1) is 16.6. The van der Waals surface area contributed by atoms with E-state index < -0.39 is 0 Å². The number of oxazole rings is 1. The van der Waals surface area contributed by atoms with Gasteiger partial charge >= 0.3 is 0 Å². The summed E-state index contributed by atoms with van der Waals surface area (Å²) in [5.41, 5.74) is 1.79. The van der Waals surface area contributed by atoms with E-state index in [4.69, 9.17) is 4.42 Å². The molecule has 2 saturated heterocycles. The third-order valence-corrected chi connectivity index (χ3v) is 5.77. The minimum Gasteiger partial charge on any atom is -0.440 e. The maximum atomic E-state index is 13.0. The van der Waals surface area contributed by atoms with Crippen molar-refractivity contribution in [2.24, 2.45) is 0 Å². The molecule has 5 heteroatoms. The molecular weight excluding hydrogens is 314 g/mol. The van der Waals surface area contributed by atoms with Crippen molar-refractivity contribution in [3.63, 3.8) is 0 Å². The lowest BCUT2D eigenvalue weighted by Crippen LogP contribution is -2.52. The van der Waals surface area contributed by atoms with Crippen LogP contribution in [0.4, 0.5) is 0 Å². The molecule has 1 atom stereocenters. The molecule has 2 aliphatic rings. The van der Waals surface area contributed by atoms with Gasteiger partial charge in [-0.3, -0.25) is 9.69 Å². The summed E-state index contributed by atoms with van der Waals surface area (Å²) in [6, 6.07) is 8.01. The predicted octanol–water partition coefficient (Wildman–Crippen LogP) is 3.41. The summed E-state index contributed by atoms with van der Waals surface area (Å²) in [6.07, 6.45) is 5.29. The Hall–Kier alpha value is -1.88. The summed E-state index contributed by atoms with van der Waals surface area (Å²) in [7, 11) is 0. The van der Waals surface area contributed by atoms with Crippen LogP contribution in [0.15, 0.2) is 28.7 Å². The van der Waals surface area contributed by atoms with Crippen molar-refractivity contribution in [3.05, 3.63) is 30.2 Å². The quantitative estimate of drug-likeness (QED) is 0.858. The second kappa shape index (κ2) is 7.16. The minimum atomic E-state index is 0.0969. The molecule has 0 bridgehead atoms. The minimum absolute atomic E-state index is 0.0969. The monoisotopic (exact) mass is 341 g/mol. The number of likely N-dealkylation sites (tertiary alicyclic amines) is 2. The van der Waals surface area contributed by atoms with Crippen LogP contribution in [0.1, 0.15) is 50.8 Å². The van der Waals surface area contributed by atoms with E-state index in [1.54, 1.807) is 0 Å². The standard InChI is InChI=1S/C20H27N3O2/c1-2-22-12-6-5-8-17(22)20(24)23-13-10-15(11-14-23)19-21-16-7-3-4-9-18(16)25-19/h3-4,7,9,15,17H,2,5-6,8,10-14H2,1H3/t17-/m0/s1. The number of rotatable bonds is 3. The van der Waals surface area contributed by atoms with E-state index in [1.807, 2.05) is 24.3 Å². The molecule has 0 saturated carbocycles. The fourth-order valence-corrected chi connectivity index (χ4v) is 4.27. The first-order valence-corrected chi connectivity index (χ1v) is 9.64. The molecule has 134 valence electrons. The van der Waals surface area contributed by atoms with Gasteiger partial charge in [0.05, 0.1) is 6.04 Å². The number of para-hydroxylation sites is 2. The topological polar surface area (TPSA) is 49.6 Å². The smallest absolute Gasteiger partial charge is 0.239 e. The number of piperidine rings is 2. The highest BCUT2D eigenvalue weighted by atomic mass is 16.3. The zero-order valence-electron chi connectivity index (χ0n) is 15.0. The van der Waals surface area contributed by atoms with Crippen LogP contribution in [0.5, 0.6) is 0 Å². The highest BCUT2D eigenvalue weighted by Crippen LogP contribution is 2.31. The van der Waals surface area contributed by atoms with Crippen LogP contribution in [0.2, 0.25) is 0 Å². The first-order chi connectivity index (χ1) is 12.3. The van der Waals surface area contributed by atoms with Gasteiger partial charge in [0.2, 0.25) is 5.91 Å². The molecular formula is C20H27N3O2. The Morgan fingerprint density at radius 2 is 1.96 bits per heavy atom. The zero-order valence-corrected chi connectivity index (χ0v) is 15.0. The maximum Gasteiger partial charge on any atom is 0.239 e. The van der Waals surface area contributed by atoms with Gasteiger partial charge in [-0.2, -0.15) is 0 Å². The van der Waals surface area contributed by atoms with Gasteiger partial charge < -0.3 is 9.32 Å². The Morgan fingerprint density at radius 3 is 2.72 bits per heavy atom. The summed E-state index contributed by atoms with van der Waals surface area (Å²) in [5, 5.41) is 0. The van der Waals surface area contributed by atoms with Gasteiger partial charge in [0.15, 0.2) is 11.5 Å². The summed E-state index contributed by atoms with van der Waals surface area (Å²) in [4.78, 5) is 22.0. The van der Waals surface area contributed by atoms with Gasteiger partial charge in [-0.15, -0.1) is 0 Å². The third kappa shape index (κ3) is 3.30.